The Labute approximate surface area is 94.6 Å². The molecule has 0 spiro atoms. The molecule has 1 saturated heterocycles. The normalized spacial score (nSPS) is 36.4. The lowest BCUT2D eigenvalue weighted by Gasteiger charge is -2.37. The average Bonchev–Trinajstić information content (AvgIpc) is 2.44. The van der Waals surface area contributed by atoms with Crippen molar-refractivity contribution in [3.05, 3.63) is 0 Å². The second-order valence-corrected chi connectivity index (χ2v) is 5.61. The number of hydrogen-bond donors (Lipinski definition) is 0. The third-order valence-corrected chi connectivity index (χ3v) is 4.28. The van der Waals surface area contributed by atoms with Crippen LogP contribution in [0.1, 0.15) is 39.0 Å². The molecule has 0 N–H and O–H groups in total. The Balaban J connectivity index is 1.82. The minimum atomic E-state index is 0.906. The summed E-state index contributed by atoms with van der Waals surface area (Å²) in [5.74, 6) is 0.975. The summed E-state index contributed by atoms with van der Waals surface area (Å²) in [6.45, 7) is 7.57. The summed E-state index contributed by atoms with van der Waals surface area (Å²) in [5, 5.41) is 0. The monoisotopic (exact) mass is 210 g/mol. The Morgan fingerprint density at radius 3 is 2.33 bits per heavy atom. The molecule has 0 aromatic heterocycles. The van der Waals surface area contributed by atoms with Crippen molar-refractivity contribution in [1.29, 1.82) is 0 Å². The molecule has 2 rings (SSSR count). The molecule has 0 amide bonds. The quantitative estimate of drug-likeness (QED) is 0.612. The van der Waals surface area contributed by atoms with Crippen LogP contribution >= 0.6 is 0 Å². The molecular weight excluding hydrogens is 184 g/mol. The van der Waals surface area contributed by atoms with Crippen LogP contribution < -0.4 is 0 Å². The van der Waals surface area contributed by atoms with Gasteiger partial charge in [-0.05, 0) is 32.2 Å². The molecule has 1 aliphatic heterocycles. The fourth-order valence-corrected chi connectivity index (χ4v) is 3.02. The summed E-state index contributed by atoms with van der Waals surface area (Å²) in [5.41, 5.74) is 0. The molecule has 0 bridgehead atoms. The van der Waals surface area contributed by atoms with Crippen LogP contribution in [0.4, 0.5) is 0 Å². The Bertz CT molecular complexity index is 185. The number of rotatable bonds is 1. The van der Waals surface area contributed by atoms with Gasteiger partial charge >= 0.3 is 0 Å². The summed E-state index contributed by atoms with van der Waals surface area (Å²) < 4.78 is 0. The zero-order chi connectivity index (χ0) is 10.7. The standard InChI is InChI=1S/C13H26N2/c1-12-4-3-5-13(7-6-12)15-10-8-14(2)9-11-15/h12-13H,3-11H2,1-2H3. The molecule has 2 atom stereocenters. The van der Waals surface area contributed by atoms with Gasteiger partial charge in [0.2, 0.25) is 0 Å². The highest BCUT2D eigenvalue weighted by Crippen LogP contribution is 2.26. The number of piperazine rings is 1. The second kappa shape index (κ2) is 5.31. The van der Waals surface area contributed by atoms with E-state index in [9.17, 15) is 0 Å². The van der Waals surface area contributed by atoms with Gasteiger partial charge in [0.25, 0.3) is 0 Å². The maximum Gasteiger partial charge on any atom is 0.0113 e. The Morgan fingerprint density at radius 1 is 0.867 bits per heavy atom. The van der Waals surface area contributed by atoms with E-state index in [1.807, 2.05) is 0 Å². The minimum Gasteiger partial charge on any atom is -0.304 e. The van der Waals surface area contributed by atoms with Gasteiger partial charge in [-0.3, -0.25) is 4.90 Å². The van der Waals surface area contributed by atoms with Crippen molar-refractivity contribution in [1.82, 2.24) is 9.80 Å². The third-order valence-electron chi connectivity index (χ3n) is 4.28. The average molecular weight is 210 g/mol. The summed E-state index contributed by atoms with van der Waals surface area (Å²) in [4.78, 5) is 5.20. The first kappa shape index (κ1) is 11.4. The Morgan fingerprint density at radius 2 is 1.60 bits per heavy atom. The van der Waals surface area contributed by atoms with Crippen LogP contribution in [-0.4, -0.2) is 49.1 Å². The molecule has 2 unspecified atom stereocenters. The van der Waals surface area contributed by atoms with E-state index in [2.05, 4.69) is 23.8 Å². The highest BCUT2D eigenvalue weighted by Gasteiger charge is 2.24. The van der Waals surface area contributed by atoms with E-state index in [1.165, 1.54) is 58.3 Å². The van der Waals surface area contributed by atoms with Crippen LogP contribution in [0.15, 0.2) is 0 Å². The van der Waals surface area contributed by atoms with E-state index >= 15 is 0 Å². The van der Waals surface area contributed by atoms with E-state index < -0.39 is 0 Å². The molecule has 2 heteroatoms. The van der Waals surface area contributed by atoms with Crippen LogP contribution in [0.2, 0.25) is 0 Å². The highest BCUT2D eigenvalue weighted by atomic mass is 15.3. The van der Waals surface area contributed by atoms with Crippen molar-refractivity contribution in [3.63, 3.8) is 0 Å². The summed E-state index contributed by atoms with van der Waals surface area (Å²) >= 11 is 0. The lowest BCUT2D eigenvalue weighted by molar-refractivity contribution is 0.103. The van der Waals surface area contributed by atoms with Gasteiger partial charge in [0.1, 0.15) is 0 Å². The van der Waals surface area contributed by atoms with Gasteiger partial charge in [-0.1, -0.05) is 19.8 Å². The van der Waals surface area contributed by atoms with Crippen LogP contribution in [-0.2, 0) is 0 Å². The van der Waals surface area contributed by atoms with Gasteiger partial charge < -0.3 is 4.90 Å². The molecule has 1 aliphatic carbocycles. The number of hydrogen-bond acceptors (Lipinski definition) is 2. The largest absolute Gasteiger partial charge is 0.304 e. The van der Waals surface area contributed by atoms with Crippen molar-refractivity contribution in [2.24, 2.45) is 5.92 Å². The van der Waals surface area contributed by atoms with Gasteiger partial charge in [0.15, 0.2) is 0 Å². The van der Waals surface area contributed by atoms with Gasteiger partial charge in [0.05, 0.1) is 0 Å². The van der Waals surface area contributed by atoms with Crippen molar-refractivity contribution < 1.29 is 0 Å². The van der Waals surface area contributed by atoms with Gasteiger partial charge in [0, 0.05) is 32.2 Å². The SMILES string of the molecule is CC1CCCC(N2CCN(C)CC2)CC1. The summed E-state index contributed by atoms with van der Waals surface area (Å²) in [6, 6.07) is 0.906. The molecule has 0 aromatic rings. The molecule has 15 heavy (non-hydrogen) atoms. The Hall–Kier alpha value is -0.0800. The van der Waals surface area contributed by atoms with Gasteiger partial charge in [-0.25, -0.2) is 0 Å². The third kappa shape index (κ3) is 3.18. The minimum absolute atomic E-state index is 0.906. The number of nitrogens with zero attached hydrogens (tertiary/aromatic N) is 2. The first-order valence-electron chi connectivity index (χ1n) is 6.68. The zero-order valence-corrected chi connectivity index (χ0v) is 10.4. The smallest absolute Gasteiger partial charge is 0.0113 e. The Kier molecular flexibility index (Phi) is 4.04. The van der Waals surface area contributed by atoms with E-state index in [0.29, 0.717) is 0 Å². The first-order chi connectivity index (χ1) is 7.25. The highest BCUT2D eigenvalue weighted by molar-refractivity contribution is 4.80. The van der Waals surface area contributed by atoms with Crippen molar-refractivity contribution in [2.45, 2.75) is 45.1 Å². The molecule has 2 fully saturated rings. The summed E-state index contributed by atoms with van der Waals surface area (Å²) in [6.07, 6.45) is 7.28. The maximum absolute atomic E-state index is 2.75. The molecule has 1 saturated carbocycles. The van der Waals surface area contributed by atoms with E-state index in [-0.39, 0.29) is 0 Å². The topological polar surface area (TPSA) is 6.48 Å². The van der Waals surface area contributed by atoms with Crippen LogP contribution in [0.25, 0.3) is 0 Å². The predicted octanol–water partition coefficient (Wildman–Crippen LogP) is 2.20. The second-order valence-electron chi connectivity index (χ2n) is 5.61. The number of likely N-dealkylation sites (N-methyl/N-ethyl adjacent to an activating group) is 1. The molecule has 0 radical (unpaired) electrons. The van der Waals surface area contributed by atoms with E-state index in [4.69, 9.17) is 0 Å². The van der Waals surface area contributed by atoms with Crippen LogP contribution in [0.5, 0.6) is 0 Å². The molecule has 88 valence electrons. The van der Waals surface area contributed by atoms with E-state index in [0.717, 1.165) is 12.0 Å². The van der Waals surface area contributed by atoms with E-state index in [1.54, 1.807) is 0 Å². The first-order valence-corrected chi connectivity index (χ1v) is 6.68. The van der Waals surface area contributed by atoms with Crippen molar-refractivity contribution >= 4 is 0 Å². The van der Waals surface area contributed by atoms with Crippen molar-refractivity contribution in [3.8, 4) is 0 Å². The molecule has 1 heterocycles. The lowest BCUT2D eigenvalue weighted by atomic mass is 10.0. The fourth-order valence-electron chi connectivity index (χ4n) is 3.02. The van der Waals surface area contributed by atoms with Crippen LogP contribution in [0, 0.1) is 5.92 Å². The molecular formula is C13H26N2. The molecule has 2 nitrogen and oxygen atoms in total. The maximum atomic E-state index is 2.75. The zero-order valence-electron chi connectivity index (χ0n) is 10.4. The van der Waals surface area contributed by atoms with Crippen LogP contribution in [0.3, 0.4) is 0 Å². The molecule has 0 aromatic carbocycles. The van der Waals surface area contributed by atoms with Gasteiger partial charge in [-0.2, -0.15) is 0 Å². The van der Waals surface area contributed by atoms with Gasteiger partial charge in [-0.15, -0.1) is 0 Å². The molecule has 2 aliphatic rings. The lowest BCUT2D eigenvalue weighted by Crippen LogP contribution is -2.48. The predicted molar refractivity (Wildman–Crippen MR) is 65.1 cm³/mol. The fraction of sp³-hybridized carbons (Fsp3) is 1.00. The summed E-state index contributed by atoms with van der Waals surface area (Å²) in [7, 11) is 2.24. The van der Waals surface area contributed by atoms with Crippen molar-refractivity contribution in [2.75, 3.05) is 33.2 Å².